The predicted octanol–water partition coefficient (Wildman–Crippen LogP) is 23.2. The molecule has 1 atom stereocenters. The van der Waals surface area contributed by atoms with Crippen LogP contribution in [0.4, 0.5) is 0 Å². The van der Waals surface area contributed by atoms with Gasteiger partial charge in [0, 0.05) is 19.3 Å². The van der Waals surface area contributed by atoms with E-state index in [0.29, 0.717) is 19.3 Å². The largest absolute Gasteiger partial charge is 0.462 e. The first-order valence-electron chi connectivity index (χ1n) is 34.0. The van der Waals surface area contributed by atoms with Gasteiger partial charge < -0.3 is 14.2 Å². The van der Waals surface area contributed by atoms with Crippen LogP contribution in [0.15, 0.2) is 36.5 Å². The summed E-state index contributed by atoms with van der Waals surface area (Å²) in [6.45, 7) is 6.67. The van der Waals surface area contributed by atoms with Gasteiger partial charge in [0.15, 0.2) is 6.10 Å². The maximum absolute atomic E-state index is 12.9. The van der Waals surface area contributed by atoms with Gasteiger partial charge in [-0.2, -0.15) is 0 Å². The van der Waals surface area contributed by atoms with Gasteiger partial charge in [-0.3, -0.25) is 14.4 Å². The van der Waals surface area contributed by atoms with E-state index in [0.717, 1.165) is 77.0 Å². The topological polar surface area (TPSA) is 78.9 Å². The number of hydrogen-bond donors (Lipinski definition) is 0. The molecule has 76 heavy (non-hydrogen) atoms. The van der Waals surface area contributed by atoms with Crippen molar-refractivity contribution >= 4 is 17.9 Å². The molecule has 446 valence electrons. The summed E-state index contributed by atoms with van der Waals surface area (Å²) in [5.41, 5.74) is 0. The van der Waals surface area contributed by atoms with E-state index in [1.54, 1.807) is 0 Å². The normalized spacial score (nSPS) is 12.2. The fraction of sp³-hybridized carbons (Fsp3) is 0.871. The molecule has 0 aliphatic heterocycles. The number of rotatable bonds is 63. The number of hydrogen-bond acceptors (Lipinski definition) is 6. The molecule has 0 aliphatic rings. The Bertz CT molecular complexity index is 1270. The van der Waals surface area contributed by atoms with Crippen molar-refractivity contribution < 1.29 is 28.6 Å². The summed E-state index contributed by atoms with van der Waals surface area (Å²) in [6.07, 6.45) is 80.2. The highest BCUT2D eigenvalue weighted by Gasteiger charge is 2.19. The van der Waals surface area contributed by atoms with Crippen LogP contribution in [0.3, 0.4) is 0 Å². The zero-order valence-corrected chi connectivity index (χ0v) is 51.3. The second-order valence-electron chi connectivity index (χ2n) is 23.1. The monoisotopic (exact) mass is 1070 g/mol. The zero-order valence-electron chi connectivity index (χ0n) is 51.3. The maximum atomic E-state index is 12.9. The van der Waals surface area contributed by atoms with Gasteiger partial charge in [0.1, 0.15) is 13.2 Å². The Balaban J connectivity index is 4.27. The number of allylic oxidation sites excluding steroid dienone is 6. The van der Waals surface area contributed by atoms with Crippen molar-refractivity contribution in [2.75, 3.05) is 13.2 Å². The fourth-order valence-electron chi connectivity index (χ4n) is 10.2. The lowest BCUT2D eigenvalue weighted by Gasteiger charge is -2.18. The average Bonchev–Trinajstić information content (AvgIpc) is 3.42. The molecular weight excluding hydrogens is 937 g/mol. The van der Waals surface area contributed by atoms with Crippen molar-refractivity contribution in [2.24, 2.45) is 0 Å². The molecule has 0 aromatic rings. The molecule has 0 fully saturated rings. The standard InChI is InChI=1S/C70H130O6/c1-4-7-10-13-16-19-22-25-28-30-32-33-34-35-36-37-38-40-42-45-48-51-54-57-60-63-69(72)75-66-67(65-74-68(71)62-59-56-53-50-47-44-41-27-24-21-18-15-12-9-6-3)76-70(73)64-61-58-55-52-49-46-43-39-31-29-26-23-20-17-14-11-8-5-2/h18,21,27,30,32,41,67H,4-17,19-20,22-26,28-29,31,33-40,42-66H2,1-3H3/b21-18-,32-30-,41-27-. The fourth-order valence-corrected chi connectivity index (χ4v) is 10.2. The summed E-state index contributed by atoms with van der Waals surface area (Å²) in [7, 11) is 0. The number of carbonyl (C=O) groups excluding carboxylic acids is 3. The van der Waals surface area contributed by atoms with Crippen LogP contribution < -0.4 is 0 Å². The molecule has 0 saturated heterocycles. The van der Waals surface area contributed by atoms with Crippen LogP contribution in [-0.4, -0.2) is 37.2 Å². The Kier molecular flexibility index (Phi) is 63.1. The van der Waals surface area contributed by atoms with Crippen LogP contribution in [0.1, 0.15) is 374 Å². The molecule has 0 bridgehead atoms. The van der Waals surface area contributed by atoms with E-state index >= 15 is 0 Å². The third-order valence-electron chi connectivity index (χ3n) is 15.4. The van der Waals surface area contributed by atoms with E-state index in [1.807, 2.05) is 0 Å². The molecule has 0 heterocycles. The first-order valence-corrected chi connectivity index (χ1v) is 34.0. The van der Waals surface area contributed by atoms with Crippen molar-refractivity contribution in [1.82, 2.24) is 0 Å². The molecule has 0 rings (SSSR count). The van der Waals surface area contributed by atoms with Gasteiger partial charge in [0.05, 0.1) is 0 Å². The average molecular weight is 1070 g/mol. The summed E-state index contributed by atoms with van der Waals surface area (Å²) >= 11 is 0. The summed E-state index contributed by atoms with van der Waals surface area (Å²) in [5.74, 6) is -0.859. The van der Waals surface area contributed by atoms with E-state index in [2.05, 4.69) is 57.2 Å². The highest BCUT2D eigenvalue weighted by molar-refractivity contribution is 5.71. The van der Waals surface area contributed by atoms with Gasteiger partial charge in [0.2, 0.25) is 0 Å². The van der Waals surface area contributed by atoms with Crippen molar-refractivity contribution in [3.8, 4) is 0 Å². The Morgan fingerprint density at radius 2 is 0.474 bits per heavy atom. The minimum Gasteiger partial charge on any atom is -0.462 e. The highest BCUT2D eigenvalue weighted by atomic mass is 16.6. The quantitative estimate of drug-likeness (QED) is 0.0261. The lowest BCUT2D eigenvalue weighted by atomic mass is 10.0. The summed E-state index contributed by atoms with van der Waals surface area (Å²) in [6, 6.07) is 0. The van der Waals surface area contributed by atoms with Gasteiger partial charge in [-0.05, 0) is 77.0 Å². The number of carbonyl (C=O) groups is 3. The van der Waals surface area contributed by atoms with Gasteiger partial charge in [0.25, 0.3) is 0 Å². The lowest BCUT2D eigenvalue weighted by molar-refractivity contribution is -0.167. The molecule has 0 N–H and O–H groups in total. The molecule has 0 aromatic heterocycles. The second kappa shape index (κ2) is 65.2. The zero-order chi connectivity index (χ0) is 55.0. The molecule has 0 radical (unpaired) electrons. The Morgan fingerprint density at radius 3 is 0.763 bits per heavy atom. The van der Waals surface area contributed by atoms with E-state index in [9.17, 15) is 14.4 Å². The summed E-state index contributed by atoms with van der Waals surface area (Å²) < 4.78 is 17.0. The van der Waals surface area contributed by atoms with Gasteiger partial charge >= 0.3 is 17.9 Å². The summed E-state index contributed by atoms with van der Waals surface area (Å²) in [5, 5.41) is 0. The van der Waals surface area contributed by atoms with Crippen molar-refractivity contribution in [2.45, 2.75) is 380 Å². The Hall–Kier alpha value is -2.37. The molecule has 0 spiro atoms. The maximum Gasteiger partial charge on any atom is 0.306 e. The van der Waals surface area contributed by atoms with Crippen LogP contribution >= 0.6 is 0 Å². The smallest absolute Gasteiger partial charge is 0.306 e. The van der Waals surface area contributed by atoms with E-state index < -0.39 is 6.10 Å². The first-order chi connectivity index (χ1) is 37.5. The van der Waals surface area contributed by atoms with Crippen LogP contribution in [0, 0.1) is 0 Å². The van der Waals surface area contributed by atoms with Crippen LogP contribution in [0.2, 0.25) is 0 Å². The minimum atomic E-state index is -0.776. The molecule has 1 unspecified atom stereocenters. The molecule has 0 amide bonds. The van der Waals surface area contributed by atoms with Crippen molar-refractivity contribution in [3.63, 3.8) is 0 Å². The van der Waals surface area contributed by atoms with Crippen molar-refractivity contribution in [1.29, 1.82) is 0 Å². The minimum absolute atomic E-state index is 0.0720. The summed E-state index contributed by atoms with van der Waals surface area (Å²) in [4.78, 5) is 38.4. The van der Waals surface area contributed by atoms with Crippen LogP contribution in [0.5, 0.6) is 0 Å². The molecule has 6 nitrogen and oxygen atoms in total. The number of esters is 3. The molecule has 0 aromatic carbocycles. The first kappa shape index (κ1) is 73.6. The highest BCUT2D eigenvalue weighted by Crippen LogP contribution is 2.18. The molecule has 0 aliphatic carbocycles. The van der Waals surface area contributed by atoms with Crippen molar-refractivity contribution in [3.05, 3.63) is 36.5 Å². The van der Waals surface area contributed by atoms with Gasteiger partial charge in [-0.1, -0.05) is 314 Å². The molecule has 0 saturated carbocycles. The number of unbranched alkanes of at least 4 members (excludes halogenated alkanes) is 46. The SMILES string of the molecule is CCCCC/C=C\C/C=C\CCCCCCCC(=O)OCC(COC(=O)CCCCCCCCCCCCCCC/C=C\CCCCCCCCCC)OC(=O)CCCCCCCCCCCCCCCCCCCC. The molecular formula is C70H130O6. The third-order valence-corrected chi connectivity index (χ3v) is 15.4. The van der Waals surface area contributed by atoms with Crippen LogP contribution in [-0.2, 0) is 28.6 Å². The molecule has 6 heteroatoms. The van der Waals surface area contributed by atoms with Crippen LogP contribution in [0.25, 0.3) is 0 Å². The predicted molar refractivity (Wildman–Crippen MR) is 330 cm³/mol. The van der Waals surface area contributed by atoms with E-state index in [1.165, 1.54) is 257 Å². The van der Waals surface area contributed by atoms with Gasteiger partial charge in [-0.15, -0.1) is 0 Å². The third kappa shape index (κ3) is 62.5. The van der Waals surface area contributed by atoms with Gasteiger partial charge in [-0.25, -0.2) is 0 Å². The Labute approximate surface area is 474 Å². The number of ether oxygens (including phenoxy) is 3. The lowest BCUT2D eigenvalue weighted by Crippen LogP contribution is -2.30. The van der Waals surface area contributed by atoms with E-state index in [4.69, 9.17) is 14.2 Å². The van der Waals surface area contributed by atoms with E-state index in [-0.39, 0.29) is 31.1 Å². The Morgan fingerprint density at radius 1 is 0.263 bits per heavy atom. The second-order valence-corrected chi connectivity index (χ2v) is 23.1.